The number of benzene rings is 8. The number of aromatic nitrogens is 5. The fourth-order valence-electron chi connectivity index (χ4n) is 8.83. The predicted octanol–water partition coefficient (Wildman–Crippen LogP) is 12.7. The maximum atomic E-state index is 6.42. The van der Waals surface area contributed by atoms with Gasteiger partial charge in [-0.15, -0.1) is 10.2 Å². The Hall–Kier alpha value is -7.70. The molecule has 0 unspecified atom stereocenters. The first-order valence-electron chi connectivity index (χ1n) is 18.8. The van der Waals surface area contributed by atoms with Gasteiger partial charge in [-0.05, 0) is 66.7 Å². The number of rotatable bonds is 5. The highest BCUT2D eigenvalue weighted by Gasteiger charge is 2.24. The van der Waals surface area contributed by atoms with Crippen molar-refractivity contribution in [3.63, 3.8) is 0 Å². The Morgan fingerprint density at radius 1 is 0.357 bits per heavy atom. The third-order valence-corrected chi connectivity index (χ3v) is 11.2. The molecule has 4 heterocycles. The van der Waals surface area contributed by atoms with E-state index in [0.29, 0.717) is 0 Å². The summed E-state index contributed by atoms with van der Waals surface area (Å²) in [6.45, 7) is 0. The number of hydrogen-bond donors (Lipinski definition) is 0. The molecule has 0 aliphatic carbocycles. The number of furan rings is 1. The van der Waals surface area contributed by atoms with Gasteiger partial charge in [-0.1, -0.05) is 121 Å². The van der Waals surface area contributed by atoms with Gasteiger partial charge in [0.2, 0.25) is 0 Å². The van der Waals surface area contributed by atoms with Gasteiger partial charge >= 0.3 is 0 Å². The molecule has 0 saturated heterocycles. The Bertz CT molecular complexity index is 3480. The third-order valence-electron chi connectivity index (χ3n) is 11.2. The minimum absolute atomic E-state index is 0.775. The van der Waals surface area contributed by atoms with Crippen LogP contribution in [0.2, 0.25) is 0 Å². The first-order chi connectivity index (χ1) is 27.8. The summed E-state index contributed by atoms with van der Waals surface area (Å²) in [5, 5.41) is 16.7. The Morgan fingerprint density at radius 3 is 1.66 bits per heavy atom. The normalized spacial score (nSPS) is 11.9. The van der Waals surface area contributed by atoms with E-state index in [9.17, 15) is 0 Å². The molecule has 0 atom stereocenters. The molecule has 12 aromatic rings. The summed E-state index contributed by atoms with van der Waals surface area (Å²) in [6, 6.07) is 66.1. The summed E-state index contributed by atoms with van der Waals surface area (Å²) >= 11 is 0. The van der Waals surface area contributed by atoms with E-state index in [1.807, 2.05) is 30.3 Å². The van der Waals surface area contributed by atoms with Crippen molar-refractivity contribution >= 4 is 65.6 Å². The lowest BCUT2D eigenvalue weighted by Gasteiger charge is -2.15. The second kappa shape index (κ2) is 11.9. The van der Waals surface area contributed by atoms with Crippen LogP contribution < -0.4 is 0 Å². The molecule has 0 radical (unpaired) electrons. The Morgan fingerprint density at radius 2 is 0.911 bits per heavy atom. The first kappa shape index (κ1) is 30.7. The molecule has 262 valence electrons. The van der Waals surface area contributed by atoms with Gasteiger partial charge in [0, 0.05) is 55.1 Å². The maximum absolute atomic E-state index is 6.42. The van der Waals surface area contributed by atoms with Crippen LogP contribution in [-0.2, 0) is 0 Å². The summed E-state index contributed by atoms with van der Waals surface area (Å²) in [6.07, 6.45) is 0. The monoisotopic (exact) mass is 717 g/mol. The highest BCUT2D eigenvalue weighted by atomic mass is 16.3. The van der Waals surface area contributed by atoms with Crippen LogP contribution in [-0.4, -0.2) is 23.9 Å². The van der Waals surface area contributed by atoms with Gasteiger partial charge < -0.3 is 13.6 Å². The quantitative estimate of drug-likeness (QED) is 0.178. The molecule has 4 aromatic heterocycles. The van der Waals surface area contributed by atoms with Crippen LogP contribution >= 0.6 is 0 Å². The van der Waals surface area contributed by atoms with Crippen LogP contribution in [0.4, 0.5) is 0 Å². The van der Waals surface area contributed by atoms with Gasteiger partial charge in [-0.2, -0.15) is 0 Å². The molecule has 0 aliphatic rings. The highest BCUT2D eigenvalue weighted by Crippen LogP contribution is 2.43. The van der Waals surface area contributed by atoms with E-state index in [-0.39, 0.29) is 0 Å². The fraction of sp³-hybridized carbons (Fsp3) is 0. The van der Waals surface area contributed by atoms with E-state index in [1.165, 1.54) is 16.2 Å². The lowest BCUT2D eigenvalue weighted by atomic mass is 10.1. The van der Waals surface area contributed by atoms with Gasteiger partial charge in [0.15, 0.2) is 11.6 Å². The van der Waals surface area contributed by atoms with Crippen LogP contribution in [0.3, 0.4) is 0 Å². The zero-order valence-electron chi connectivity index (χ0n) is 30.0. The van der Waals surface area contributed by atoms with Crippen molar-refractivity contribution in [3.8, 4) is 39.8 Å². The van der Waals surface area contributed by atoms with E-state index in [1.54, 1.807) is 0 Å². The second-order valence-corrected chi connectivity index (χ2v) is 14.2. The molecule has 56 heavy (non-hydrogen) atoms. The summed E-state index contributed by atoms with van der Waals surface area (Å²) in [4.78, 5) is 0. The number of para-hydroxylation sites is 5. The number of hydrogen-bond acceptors (Lipinski definition) is 3. The molecule has 12 rings (SSSR count). The molecule has 0 spiro atoms. The van der Waals surface area contributed by atoms with Crippen molar-refractivity contribution in [3.05, 3.63) is 188 Å². The standard InChI is InChI=1S/C50H31N5O/c1-3-15-32(16-4-1)49-51-52-50(55(49)33-17-5-2-6-18-33)41-25-14-24-38-36-21-7-10-26-42(36)53(47(38)41)34-19-13-20-35(31-34)54-43-27-11-8-22-37(43)39-29-30-45-46(48(39)54)40-23-9-12-28-44(40)56-45/h1-31H. The third kappa shape index (κ3) is 4.38. The molecular weight excluding hydrogens is 687 g/mol. The van der Waals surface area contributed by atoms with E-state index < -0.39 is 0 Å². The fourth-order valence-corrected chi connectivity index (χ4v) is 8.83. The zero-order chi connectivity index (χ0) is 36.7. The minimum Gasteiger partial charge on any atom is -0.456 e. The second-order valence-electron chi connectivity index (χ2n) is 14.2. The molecule has 0 N–H and O–H groups in total. The molecule has 0 fully saturated rings. The van der Waals surface area contributed by atoms with Crippen molar-refractivity contribution in [2.75, 3.05) is 0 Å². The molecule has 0 amide bonds. The van der Waals surface area contributed by atoms with E-state index in [0.717, 1.165) is 89.2 Å². The molecule has 8 aromatic carbocycles. The molecule has 0 aliphatic heterocycles. The summed E-state index contributed by atoms with van der Waals surface area (Å²) in [5.74, 6) is 1.57. The average Bonchev–Trinajstić information content (AvgIpc) is 4.04. The first-order valence-corrected chi connectivity index (χ1v) is 18.8. The van der Waals surface area contributed by atoms with Crippen molar-refractivity contribution in [2.24, 2.45) is 0 Å². The van der Waals surface area contributed by atoms with Crippen molar-refractivity contribution in [1.82, 2.24) is 23.9 Å². The Balaban J connectivity index is 1.16. The summed E-state index contributed by atoms with van der Waals surface area (Å²) in [7, 11) is 0. The molecular formula is C50H31N5O. The lowest BCUT2D eigenvalue weighted by molar-refractivity contribution is 0.669. The topological polar surface area (TPSA) is 53.7 Å². The Kier molecular flexibility index (Phi) is 6.53. The molecule has 6 nitrogen and oxygen atoms in total. The van der Waals surface area contributed by atoms with Gasteiger partial charge in [0.25, 0.3) is 0 Å². The van der Waals surface area contributed by atoms with Crippen LogP contribution in [0.15, 0.2) is 192 Å². The summed E-state index contributed by atoms with van der Waals surface area (Å²) in [5.41, 5.74) is 11.3. The predicted molar refractivity (Wildman–Crippen MR) is 228 cm³/mol. The number of fused-ring (bicyclic) bond motifs is 10. The van der Waals surface area contributed by atoms with Crippen LogP contribution in [0.5, 0.6) is 0 Å². The average molecular weight is 718 g/mol. The van der Waals surface area contributed by atoms with Crippen molar-refractivity contribution < 1.29 is 4.42 Å². The lowest BCUT2D eigenvalue weighted by Crippen LogP contribution is -2.03. The SMILES string of the molecule is c1ccc(-c2nnc(-c3cccc4c5ccccc5n(-c5cccc(-n6c7ccccc7c7ccc8oc9ccccc9c8c76)c5)c34)n2-c2ccccc2)cc1. The van der Waals surface area contributed by atoms with Gasteiger partial charge in [-0.25, -0.2) is 0 Å². The van der Waals surface area contributed by atoms with Crippen LogP contribution in [0.1, 0.15) is 0 Å². The maximum Gasteiger partial charge on any atom is 0.171 e. The van der Waals surface area contributed by atoms with Crippen molar-refractivity contribution in [1.29, 1.82) is 0 Å². The van der Waals surface area contributed by atoms with E-state index in [2.05, 4.69) is 171 Å². The van der Waals surface area contributed by atoms with Crippen LogP contribution in [0, 0.1) is 0 Å². The summed E-state index contributed by atoms with van der Waals surface area (Å²) < 4.78 is 13.4. The van der Waals surface area contributed by atoms with Crippen molar-refractivity contribution in [2.45, 2.75) is 0 Å². The largest absolute Gasteiger partial charge is 0.456 e. The smallest absolute Gasteiger partial charge is 0.171 e. The highest BCUT2D eigenvalue weighted by molar-refractivity contribution is 6.24. The minimum atomic E-state index is 0.775. The Labute approximate surface area is 320 Å². The molecule has 0 saturated carbocycles. The molecule has 0 bridgehead atoms. The zero-order valence-corrected chi connectivity index (χ0v) is 30.0. The molecule has 6 heteroatoms. The van der Waals surface area contributed by atoms with Gasteiger partial charge in [0.1, 0.15) is 11.2 Å². The van der Waals surface area contributed by atoms with Crippen LogP contribution in [0.25, 0.3) is 105 Å². The van der Waals surface area contributed by atoms with Gasteiger partial charge in [0.05, 0.1) is 27.5 Å². The van der Waals surface area contributed by atoms with E-state index in [4.69, 9.17) is 14.6 Å². The van der Waals surface area contributed by atoms with E-state index >= 15 is 0 Å². The van der Waals surface area contributed by atoms with Gasteiger partial charge in [-0.3, -0.25) is 4.57 Å². The number of nitrogens with zero attached hydrogens (tertiary/aromatic N) is 5.